The van der Waals surface area contributed by atoms with Crippen molar-refractivity contribution >= 4 is 5.91 Å². The van der Waals surface area contributed by atoms with Crippen molar-refractivity contribution in [2.45, 2.75) is 12.8 Å². The van der Waals surface area contributed by atoms with Gasteiger partial charge in [-0.25, -0.2) is 0 Å². The standard InChI is InChI=1S/C16H24N2O3/c1-20-15-6-3-2-5-14(15)13-16(19)17-7-4-8-18-9-11-21-12-10-18/h2-3,5-6H,4,7-13H2,1H3,(H,17,19). The number of nitrogens with one attached hydrogen (secondary N) is 1. The first-order valence-corrected chi connectivity index (χ1v) is 7.48. The Morgan fingerprint density at radius 1 is 1.33 bits per heavy atom. The Morgan fingerprint density at radius 2 is 2.10 bits per heavy atom. The van der Waals surface area contributed by atoms with E-state index in [0.717, 1.165) is 50.6 Å². The van der Waals surface area contributed by atoms with Crippen LogP contribution in [0.25, 0.3) is 0 Å². The summed E-state index contributed by atoms with van der Waals surface area (Å²) in [5.74, 6) is 0.808. The van der Waals surface area contributed by atoms with Crippen molar-refractivity contribution < 1.29 is 14.3 Å². The fourth-order valence-corrected chi connectivity index (χ4v) is 2.44. The van der Waals surface area contributed by atoms with E-state index in [1.165, 1.54) is 0 Å². The minimum Gasteiger partial charge on any atom is -0.496 e. The summed E-state index contributed by atoms with van der Waals surface area (Å²) in [6.45, 7) is 5.36. The zero-order chi connectivity index (χ0) is 14.9. The molecule has 0 spiro atoms. The molecule has 21 heavy (non-hydrogen) atoms. The van der Waals surface area contributed by atoms with Gasteiger partial charge < -0.3 is 14.8 Å². The second-order valence-electron chi connectivity index (χ2n) is 5.15. The summed E-state index contributed by atoms with van der Waals surface area (Å²) in [4.78, 5) is 14.3. The van der Waals surface area contributed by atoms with Gasteiger partial charge in [0.1, 0.15) is 5.75 Å². The lowest BCUT2D eigenvalue weighted by Crippen LogP contribution is -2.38. The molecule has 0 atom stereocenters. The number of methoxy groups -OCH3 is 1. The number of hydrogen-bond donors (Lipinski definition) is 1. The Bertz CT molecular complexity index is 445. The van der Waals surface area contributed by atoms with Crippen LogP contribution in [0.3, 0.4) is 0 Å². The van der Waals surface area contributed by atoms with E-state index >= 15 is 0 Å². The Morgan fingerprint density at radius 3 is 2.86 bits per heavy atom. The Labute approximate surface area is 126 Å². The zero-order valence-corrected chi connectivity index (χ0v) is 12.6. The van der Waals surface area contributed by atoms with Crippen LogP contribution in [0.5, 0.6) is 5.75 Å². The molecule has 1 N–H and O–H groups in total. The maximum atomic E-state index is 11.9. The first-order chi connectivity index (χ1) is 10.3. The molecule has 1 aliphatic heterocycles. The van der Waals surface area contributed by atoms with E-state index in [0.29, 0.717) is 13.0 Å². The summed E-state index contributed by atoms with van der Waals surface area (Å²) >= 11 is 0. The smallest absolute Gasteiger partial charge is 0.224 e. The van der Waals surface area contributed by atoms with Crippen LogP contribution < -0.4 is 10.1 Å². The predicted octanol–water partition coefficient (Wildman–Crippen LogP) is 1.08. The van der Waals surface area contributed by atoms with Gasteiger partial charge in [-0.1, -0.05) is 18.2 Å². The number of carbonyl (C=O) groups excluding carboxylic acids is 1. The minimum atomic E-state index is 0.0430. The van der Waals surface area contributed by atoms with E-state index < -0.39 is 0 Å². The van der Waals surface area contributed by atoms with Gasteiger partial charge in [0.15, 0.2) is 0 Å². The number of nitrogens with zero attached hydrogens (tertiary/aromatic N) is 1. The second-order valence-corrected chi connectivity index (χ2v) is 5.15. The van der Waals surface area contributed by atoms with E-state index in [-0.39, 0.29) is 5.91 Å². The molecule has 1 amide bonds. The zero-order valence-electron chi connectivity index (χ0n) is 12.6. The first-order valence-electron chi connectivity index (χ1n) is 7.48. The summed E-state index contributed by atoms with van der Waals surface area (Å²) in [7, 11) is 1.62. The van der Waals surface area contributed by atoms with Gasteiger partial charge in [-0.05, 0) is 19.0 Å². The molecule has 1 aromatic rings. The van der Waals surface area contributed by atoms with E-state index in [1.807, 2.05) is 24.3 Å². The van der Waals surface area contributed by atoms with Gasteiger partial charge in [0.25, 0.3) is 0 Å². The summed E-state index contributed by atoms with van der Waals surface area (Å²) in [5.41, 5.74) is 0.922. The van der Waals surface area contributed by atoms with Crippen LogP contribution in [0.2, 0.25) is 0 Å². The lowest BCUT2D eigenvalue weighted by atomic mass is 10.1. The number of para-hydroxylation sites is 1. The summed E-state index contributed by atoms with van der Waals surface area (Å²) in [6.07, 6.45) is 1.33. The van der Waals surface area contributed by atoms with Gasteiger partial charge in [-0.3, -0.25) is 9.69 Å². The number of hydrogen-bond acceptors (Lipinski definition) is 4. The minimum absolute atomic E-state index is 0.0430. The molecule has 1 aromatic carbocycles. The lowest BCUT2D eigenvalue weighted by molar-refractivity contribution is -0.120. The molecule has 0 radical (unpaired) electrons. The highest BCUT2D eigenvalue weighted by atomic mass is 16.5. The lowest BCUT2D eigenvalue weighted by Gasteiger charge is -2.26. The molecule has 1 aliphatic rings. The van der Waals surface area contributed by atoms with Crippen molar-refractivity contribution in [2.24, 2.45) is 0 Å². The highest BCUT2D eigenvalue weighted by Gasteiger charge is 2.10. The third-order valence-electron chi connectivity index (χ3n) is 3.62. The van der Waals surface area contributed by atoms with Crippen LogP contribution in [-0.4, -0.2) is 57.3 Å². The fraction of sp³-hybridized carbons (Fsp3) is 0.562. The van der Waals surface area contributed by atoms with Crippen molar-refractivity contribution in [3.63, 3.8) is 0 Å². The van der Waals surface area contributed by atoms with Crippen LogP contribution in [0, 0.1) is 0 Å². The van der Waals surface area contributed by atoms with Crippen molar-refractivity contribution in [3.8, 4) is 5.75 Å². The fourth-order valence-electron chi connectivity index (χ4n) is 2.44. The van der Waals surface area contributed by atoms with Crippen molar-refractivity contribution in [1.29, 1.82) is 0 Å². The number of carbonyl (C=O) groups is 1. The molecule has 1 fully saturated rings. The van der Waals surface area contributed by atoms with E-state index in [2.05, 4.69) is 10.2 Å². The van der Waals surface area contributed by atoms with Gasteiger partial charge in [0, 0.05) is 25.2 Å². The Kier molecular flexibility index (Phi) is 6.50. The van der Waals surface area contributed by atoms with Crippen molar-refractivity contribution in [2.75, 3.05) is 46.5 Å². The monoisotopic (exact) mass is 292 g/mol. The van der Waals surface area contributed by atoms with E-state index in [9.17, 15) is 4.79 Å². The average Bonchev–Trinajstić information content (AvgIpc) is 2.53. The number of amides is 1. The van der Waals surface area contributed by atoms with E-state index in [1.54, 1.807) is 7.11 Å². The third-order valence-corrected chi connectivity index (χ3v) is 3.62. The molecule has 5 nitrogen and oxygen atoms in total. The van der Waals surface area contributed by atoms with Gasteiger partial charge in [0.2, 0.25) is 5.91 Å². The van der Waals surface area contributed by atoms with Crippen LogP contribution in [0.1, 0.15) is 12.0 Å². The molecular weight excluding hydrogens is 268 g/mol. The van der Waals surface area contributed by atoms with Crippen molar-refractivity contribution in [3.05, 3.63) is 29.8 Å². The van der Waals surface area contributed by atoms with Crippen LogP contribution >= 0.6 is 0 Å². The van der Waals surface area contributed by atoms with Gasteiger partial charge in [-0.15, -0.1) is 0 Å². The number of ether oxygens (including phenoxy) is 2. The van der Waals surface area contributed by atoms with Gasteiger partial charge >= 0.3 is 0 Å². The molecule has 0 bridgehead atoms. The van der Waals surface area contributed by atoms with Crippen LogP contribution in [0.4, 0.5) is 0 Å². The quantitative estimate of drug-likeness (QED) is 0.764. The van der Waals surface area contributed by atoms with Crippen molar-refractivity contribution in [1.82, 2.24) is 10.2 Å². The highest BCUT2D eigenvalue weighted by Crippen LogP contribution is 2.17. The maximum absolute atomic E-state index is 11.9. The number of rotatable bonds is 7. The molecule has 1 saturated heterocycles. The SMILES string of the molecule is COc1ccccc1CC(=O)NCCCN1CCOCC1. The average molecular weight is 292 g/mol. The number of benzene rings is 1. The molecule has 116 valence electrons. The second kappa shape index (κ2) is 8.64. The molecule has 2 rings (SSSR count). The third kappa shape index (κ3) is 5.36. The maximum Gasteiger partial charge on any atom is 0.224 e. The molecule has 0 aromatic heterocycles. The predicted molar refractivity (Wildman–Crippen MR) is 81.6 cm³/mol. The van der Waals surface area contributed by atoms with Crippen LogP contribution in [-0.2, 0) is 16.0 Å². The first kappa shape index (κ1) is 15.8. The number of morpholine rings is 1. The van der Waals surface area contributed by atoms with Gasteiger partial charge in [0.05, 0.1) is 26.7 Å². The molecular formula is C16H24N2O3. The molecule has 5 heteroatoms. The summed E-state index contributed by atoms with van der Waals surface area (Å²) in [6, 6.07) is 7.62. The topological polar surface area (TPSA) is 50.8 Å². The Hall–Kier alpha value is -1.59. The van der Waals surface area contributed by atoms with E-state index in [4.69, 9.17) is 9.47 Å². The Balaban J connectivity index is 1.65. The molecule has 0 aliphatic carbocycles. The largest absolute Gasteiger partial charge is 0.496 e. The summed E-state index contributed by atoms with van der Waals surface area (Å²) in [5, 5.41) is 2.97. The van der Waals surface area contributed by atoms with Crippen LogP contribution in [0.15, 0.2) is 24.3 Å². The summed E-state index contributed by atoms with van der Waals surface area (Å²) < 4.78 is 10.6. The highest BCUT2D eigenvalue weighted by molar-refractivity contribution is 5.79. The van der Waals surface area contributed by atoms with Gasteiger partial charge in [-0.2, -0.15) is 0 Å². The molecule has 0 unspecified atom stereocenters. The normalized spacial score (nSPS) is 15.7. The molecule has 0 saturated carbocycles. The molecule has 1 heterocycles.